The molecule has 0 unspecified atom stereocenters. The number of nitrogens with zero attached hydrogens (tertiary/aromatic N) is 3. The van der Waals surface area contributed by atoms with Crippen molar-refractivity contribution >= 4 is 26.8 Å². The first-order valence-electron chi connectivity index (χ1n) is 7.55. The fourth-order valence-electron chi connectivity index (χ4n) is 3.92. The Morgan fingerprint density at radius 2 is 2.14 bits per heavy atom. The number of likely N-dealkylation sites (N-methyl/N-ethyl adjacent to an activating group) is 1. The number of fused-ring (bicyclic) bond motifs is 4. The number of aromatic nitrogens is 2. The second-order valence-electron chi connectivity index (χ2n) is 6.17. The Kier molecular flexibility index (Phi) is 3.15. The van der Waals surface area contributed by atoms with Gasteiger partial charge in [-0.1, -0.05) is 15.9 Å². The van der Waals surface area contributed by atoms with E-state index in [1.807, 2.05) is 22.8 Å². The van der Waals surface area contributed by atoms with Gasteiger partial charge in [0.05, 0.1) is 10.9 Å². The molecule has 0 amide bonds. The number of likely N-dealkylation sites (tertiary alicyclic amines) is 1. The first kappa shape index (κ1) is 13.5. The van der Waals surface area contributed by atoms with Gasteiger partial charge in [-0.2, -0.15) is 0 Å². The van der Waals surface area contributed by atoms with Crippen LogP contribution in [0.1, 0.15) is 31.0 Å². The van der Waals surface area contributed by atoms with Gasteiger partial charge >= 0.3 is 0 Å². The number of hydrogen-bond donors (Lipinski definition) is 0. The Morgan fingerprint density at radius 3 is 3.00 bits per heavy atom. The van der Waals surface area contributed by atoms with Gasteiger partial charge in [0.15, 0.2) is 0 Å². The van der Waals surface area contributed by atoms with Crippen LogP contribution >= 0.6 is 15.9 Å². The molecule has 21 heavy (non-hydrogen) atoms. The van der Waals surface area contributed by atoms with Crippen LogP contribution in [-0.4, -0.2) is 34.1 Å². The molecule has 0 bridgehead atoms. The van der Waals surface area contributed by atoms with E-state index in [1.54, 1.807) is 0 Å². The molecule has 1 aromatic heterocycles. The fourth-order valence-corrected chi connectivity index (χ4v) is 4.27. The summed E-state index contributed by atoms with van der Waals surface area (Å²) in [6, 6.07) is 6.28. The highest BCUT2D eigenvalue weighted by Crippen LogP contribution is 2.36. The van der Waals surface area contributed by atoms with Gasteiger partial charge in [-0.25, -0.2) is 4.98 Å². The zero-order valence-corrected chi connectivity index (χ0v) is 13.6. The molecule has 1 fully saturated rings. The summed E-state index contributed by atoms with van der Waals surface area (Å²) in [4.78, 5) is 20.0. The van der Waals surface area contributed by atoms with E-state index in [-0.39, 0.29) is 5.56 Å². The monoisotopic (exact) mass is 347 g/mol. The first-order chi connectivity index (χ1) is 10.1. The molecule has 2 aliphatic rings. The summed E-state index contributed by atoms with van der Waals surface area (Å²) in [5.41, 5.74) is 0.934. The summed E-state index contributed by atoms with van der Waals surface area (Å²) in [5, 5.41) is 0.726. The Labute approximate surface area is 131 Å². The Hall–Kier alpha value is -1.20. The van der Waals surface area contributed by atoms with Crippen LogP contribution in [-0.2, 0) is 6.54 Å². The van der Waals surface area contributed by atoms with E-state index in [2.05, 4.69) is 27.9 Å². The summed E-state index contributed by atoms with van der Waals surface area (Å²) < 4.78 is 2.89. The van der Waals surface area contributed by atoms with Gasteiger partial charge in [0, 0.05) is 23.0 Å². The van der Waals surface area contributed by atoms with E-state index in [9.17, 15) is 4.79 Å². The summed E-state index contributed by atoms with van der Waals surface area (Å²) in [6.07, 6.45) is 3.38. The number of benzene rings is 1. The van der Waals surface area contributed by atoms with Crippen LogP contribution in [0.5, 0.6) is 0 Å². The third-order valence-electron chi connectivity index (χ3n) is 4.98. The number of piperidine rings is 1. The standard InChI is InChI=1S/C16H18BrN3O/c1-19-7-2-3-12-14(19)6-8-20-15(12)18-13-9-10(17)4-5-11(13)16(20)21/h4-5,9,12,14H,2-3,6-8H2,1H3/t12-,14-/m1/s1. The van der Waals surface area contributed by atoms with E-state index in [0.29, 0.717) is 12.0 Å². The predicted octanol–water partition coefficient (Wildman–Crippen LogP) is 2.74. The van der Waals surface area contributed by atoms with E-state index in [1.165, 1.54) is 6.42 Å². The lowest BCUT2D eigenvalue weighted by Crippen LogP contribution is -2.47. The number of halogens is 1. The van der Waals surface area contributed by atoms with Crippen molar-refractivity contribution in [1.29, 1.82) is 0 Å². The first-order valence-corrected chi connectivity index (χ1v) is 8.34. The lowest BCUT2D eigenvalue weighted by molar-refractivity contribution is 0.123. The highest BCUT2D eigenvalue weighted by Gasteiger charge is 2.36. The van der Waals surface area contributed by atoms with Crippen LogP contribution in [0.15, 0.2) is 27.5 Å². The second kappa shape index (κ2) is 4.92. The molecule has 2 aromatic rings. The van der Waals surface area contributed by atoms with E-state index in [0.717, 1.165) is 47.1 Å². The van der Waals surface area contributed by atoms with Crippen molar-refractivity contribution in [3.8, 4) is 0 Å². The minimum absolute atomic E-state index is 0.120. The molecule has 2 atom stereocenters. The molecule has 4 nitrogen and oxygen atoms in total. The van der Waals surface area contributed by atoms with Gasteiger partial charge in [0.2, 0.25) is 0 Å². The summed E-state index contributed by atoms with van der Waals surface area (Å²) in [7, 11) is 2.20. The van der Waals surface area contributed by atoms with Gasteiger partial charge in [0.25, 0.3) is 5.56 Å². The van der Waals surface area contributed by atoms with E-state index >= 15 is 0 Å². The van der Waals surface area contributed by atoms with Crippen LogP contribution < -0.4 is 5.56 Å². The Bertz CT molecular complexity index is 770. The predicted molar refractivity (Wildman–Crippen MR) is 86.7 cm³/mol. The van der Waals surface area contributed by atoms with Gasteiger partial charge in [-0.05, 0) is 51.1 Å². The topological polar surface area (TPSA) is 38.1 Å². The van der Waals surface area contributed by atoms with E-state index in [4.69, 9.17) is 4.98 Å². The molecule has 0 saturated carbocycles. The van der Waals surface area contributed by atoms with Crippen LogP contribution in [0.3, 0.4) is 0 Å². The average molecular weight is 348 g/mol. The van der Waals surface area contributed by atoms with Crippen LogP contribution in [0.2, 0.25) is 0 Å². The van der Waals surface area contributed by atoms with Crippen molar-refractivity contribution in [3.05, 3.63) is 38.9 Å². The molecule has 110 valence electrons. The molecule has 3 heterocycles. The minimum atomic E-state index is 0.120. The van der Waals surface area contributed by atoms with Crippen LogP contribution in [0, 0.1) is 0 Å². The lowest BCUT2D eigenvalue weighted by Gasteiger charge is -2.42. The smallest absolute Gasteiger partial charge is 0.261 e. The van der Waals surface area contributed by atoms with Crippen molar-refractivity contribution < 1.29 is 0 Å². The molecule has 4 rings (SSSR count). The SMILES string of the molecule is CN1CCC[C@H]2c3nc4cc(Br)ccc4c(=O)n3CC[C@H]21. The van der Waals surface area contributed by atoms with Gasteiger partial charge < -0.3 is 4.90 Å². The van der Waals surface area contributed by atoms with E-state index < -0.39 is 0 Å². The van der Waals surface area contributed by atoms with Crippen molar-refractivity contribution in [2.75, 3.05) is 13.6 Å². The molecule has 1 aromatic carbocycles. The minimum Gasteiger partial charge on any atom is -0.303 e. The quantitative estimate of drug-likeness (QED) is 0.735. The molecule has 1 saturated heterocycles. The maximum absolute atomic E-state index is 12.7. The number of rotatable bonds is 0. The maximum atomic E-state index is 12.7. The zero-order valence-electron chi connectivity index (χ0n) is 12.1. The summed E-state index contributed by atoms with van der Waals surface area (Å²) in [6.45, 7) is 1.95. The highest BCUT2D eigenvalue weighted by molar-refractivity contribution is 9.10. The van der Waals surface area contributed by atoms with Gasteiger partial charge in [-0.15, -0.1) is 0 Å². The highest BCUT2D eigenvalue weighted by atomic mass is 79.9. The van der Waals surface area contributed by atoms with Crippen molar-refractivity contribution in [2.45, 2.75) is 37.8 Å². The Morgan fingerprint density at radius 1 is 1.29 bits per heavy atom. The molecule has 0 aliphatic carbocycles. The lowest BCUT2D eigenvalue weighted by atomic mass is 9.84. The second-order valence-corrected chi connectivity index (χ2v) is 7.09. The third-order valence-corrected chi connectivity index (χ3v) is 5.48. The molecule has 2 aliphatic heterocycles. The summed E-state index contributed by atoms with van der Waals surface area (Å²) >= 11 is 3.47. The molecule has 0 radical (unpaired) electrons. The van der Waals surface area contributed by atoms with Crippen molar-refractivity contribution in [1.82, 2.24) is 14.5 Å². The van der Waals surface area contributed by atoms with Crippen molar-refractivity contribution in [2.24, 2.45) is 0 Å². The molecule has 5 heteroatoms. The van der Waals surface area contributed by atoms with Gasteiger partial charge in [0.1, 0.15) is 5.82 Å². The molecular weight excluding hydrogens is 330 g/mol. The summed E-state index contributed by atoms with van der Waals surface area (Å²) in [5.74, 6) is 1.39. The van der Waals surface area contributed by atoms with Crippen molar-refractivity contribution in [3.63, 3.8) is 0 Å². The third kappa shape index (κ3) is 2.06. The van der Waals surface area contributed by atoms with Crippen LogP contribution in [0.25, 0.3) is 10.9 Å². The van der Waals surface area contributed by atoms with Crippen LogP contribution in [0.4, 0.5) is 0 Å². The zero-order chi connectivity index (χ0) is 14.6. The normalized spacial score (nSPS) is 25.6. The molecular formula is C16H18BrN3O. The Balaban J connectivity index is 1.94. The maximum Gasteiger partial charge on any atom is 0.261 e. The van der Waals surface area contributed by atoms with Gasteiger partial charge in [-0.3, -0.25) is 9.36 Å². The number of hydrogen-bond acceptors (Lipinski definition) is 3. The largest absolute Gasteiger partial charge is 0.303 e. The molecule has 0 N–H and O–H groups in total. The average Bonchev–Trinajstić information content (AvgIpc) is 2.47. The molecule has 0 spiro atoms. The fraction of sp³-hybridized carbons (Fsp3) is 0.500.